The molecular formula is C11H20N6O2. The Morgan fingerprint density at radius 1 is 1.37 bits per heavy atom. The molecule has 106 valence electrons. The van der Waals surface area contributed by atoms with Gasteiger partial charge >= 0.3 is 0 Å². The minimum absolute atomic E-state index is 0.0710. The molecule has 8 nitrogen and oxygen atoms in total. The van der Waals surface area contributed by atoms with E-state index in [0.29, 0.717) is 18.5 Å². The summed E-state index contributed by atoms with van der Waals surface area (Å²) >= 11 is 0. The summed E-state index contributed by atoms with van der Waals surface area (Å²) in [6, 6.07) is -0.266. The lowest BCUT2D eigenvalue weighted by molar-refractivity contribution is 0.153. The van der Waals surface area contributed by atoms with E-state index in [9.17, 15) is 5.11 Å². The summed E-state index contributed by atoms with van der Waals surface area (Å²) in [5.74, 6) is 1.13. The SMILES string of the molecule is COCC(CO)Nc1nc(N)nc(N2CCCC2)n1. The van der Waals surface area contributed by atoms with Crippen molar-refractivity contribution in [2.75, 3.05) is 49.4 Å². The zero-order valence-electron chi connectivity index (χ0n) is 11.0. The van der Waals surface area contributed by atoms with Crippen LogP contribution in [0.3, 0.4) is 0 Å². The zero-order valence-corrected chi connectivity index (χ0v) is 11.0. The van der Waals surface area contributed by atoms with Crippen LogP contribution in [0.5, 0.6) is 0 Å². The number of hydrogen-bond donors (Lipinski definition) is 3. The molecule has 8 heteroatoms. The minimum atomic E-state index is -0.266. The number of ether oxygens (including phenoxy) is 1. The van der Waals surface area contributed by atoms with Gasteiger partial charge in [-0.2, -0.15) is 15.0 Å². The molecule has 1 aliphatic heterocycles. The molecule has 0 saturated carbocycles. The van der Waals surface area contributed by atoms with Gasteiger partial charge in [-0.25, -0.2) is 0 Å². The summed E-state index contributed by atoms with van der Waals surface area (Å²) in [7, 11) is 1.57. The van der Waals surface area contributed by atoms with Gasteiger partial charge in [0.05, 0.1) is 19.3 Å². The molecule has 19 heavy (non-hydrogen) atoms. The van der Waals surface area contributed by atoms with E-state index >= 15 is 0 Å². The molecule has 1 aromatic rings. The maximum absolute atomic E-state index is 9.21. The van der Waals surface area contributed by atoms with Crippen molar-refractivity contribution in [2.24, 2.45) is 0 Å². The molecule has 0 aromatic carbocycles. The molecule has 0 amide bonds. The molecule has 0 aliphatic carbocycles. The van der Waals surface area contributed by atoms with Crippen LogP contribution >= 0.6 is 0 Å². The predicted octanol–water partition coefficient (Wildman–Crippen LogP) is -0.527. The Hall–Kier alpha value is -1.67. The highest BCUT2D eigenvalue weighted by molar-refractivity contribution is 5.42. The number of anilines is 3. The van der Waals surface area contributed by atoms with Crippen LogP contribution in [0.2, 0.25) is 0 Å². The second-order valence-electron chi connectivity index (χ2n) is 4.49. The van der Waals surface area contributed by atoms with Gasteiger partial charge in [0.15, 0.2) is 0 Å². The Morgan fingerprint density at radius 3 is 2.74 bits per heavy atom. The third-order valence-electron chi connectivity index (χ3n) is 2.95. The first-order valence-corrected chi connectivity index (χ1v) is 6.35. The van der Waals surface area contributed by atoms with Gasteiger partial charge in [0.2, 0.25) is 17.8 Å². The van der Waals surface area contributed by atoms with Crippen LogP contribution in [0.4, 0.5) is 17.8 Å². The van der Waals surface area contributed by atoms with E-state index in [2.05, 4.69) is 25.2 Å². The lowest BCUT2D eigenvalue weighted by Crippen LogP contribution is -2.30. The van der Waals surface area contributed by atoms with Crippen molar-refractivity contribution in [3.8, 4) is 0 Å². The fourth-order valence-electron chi connectivity index (χ4n) is 2.03. The van der Waals surface area contributed by atoms with Gasteiger partial charge in [0.25, 0.3) is 0 Å². The fraction of sp³-hybridized carbons (Fsp3) is 0.727. The normalized spacial score (nSPS) is 16.6. The Balaban J connectivity index is 2.11. The number of nitrogens with two attached hydrogens (primary N) is 1. The standard InChI is InChI=1S/C11H20N6O2/c1-19-7-8(6-18)13-10-14-9(12)15-11(16-10)17-4-2-3-5-17/h8,18H,2-7H2,1H3,(H3,12,13,14,15,16). The van der Waals surface area contributed by atoms with Crippen molar-refractivity contribution < 1.29 is 9.84 Å². The average Bonchev–Trinajstić information content (AvgIpc) is 2.91. The van der Waals surface area contributed by atoms with Gasteiger partial charge in [0, 0.05) is 20.2 Å². The summed E-state index contributed by atoms with van der Waals surface area (Å²) < 4.78 is 4.99. The average molecular weight is 268 g/mol. The maximum Gasteiger partial charge on any atom is 0.231 e. The van der Waals surface area contributed by atoms with E-state index in [0.717, 1.165) is 25.9 Å². The molecule has 2 heterocycles. The molecule has 4 N–H and O–H groups in total. The number of nitrogens with zero attached hydrogens (tertiary/aromatic N) is 4. The third kappa shape index (κ3) is 3.65. The highest BCUT2D eigenvalue weighted by atomic mass is 16.5. The molecule has 0 bridgehead atoms. The number of aliphatic hydroxyl groups excluding tert-OH is 1. The van der Waals surface area contributed by atoms with Crippen LogP contribution in [0.1, 0.15) is 12.8 Å². The molecule has 1 fully saturated rings. The summed E-state index contributed by atoms with van der Waals surface area (Å²) in [4.78, 5) is 14.6. The van der Waals surface area contributed by atoms with Gasteiger partial charge in [0.1, 0.15) is 0 Å². The second-order valence-corrected chi connectivity index (χ2v) is 4.49. The Kier molecular flexibility index (Phi) is 4.69. The first-order valence-electron chi connectivity index (χ1n) is 6.35. The van der Waals surface area contributed by atoms with Crippen LogP contribution in [0, 0.1) is 0 Å². The van der Waals surface area contributed by atoms with Crippen molar-refractivity contribution in [1.82, 2.24) is 15.0 Å². The van der Waals surface area contributed by atoms with Crippen LogP contribution in [0.15, 0.2) is 0 Å². The predicted molar refractivity (Wildman–Crippen MR) is 72.1 cm³/mol. The van der Waals surface area contributed by atoms with Crippen LogP contribution in [-0.2, 0) is 4.74 Å². The van der Waals surface area contributed by atoms with Crippen LogP contribution in [0.25, 0.3) is 0 Å². The van der Waals surface area contributed by atoms with Crippen molar-refractivity contribution in [3.63, 3.8) is 0 Å². The number of aliphatic hydroxyl groups is 1. The van der Waals surface area contributed by atoms with E-state index in [4.69, 9.17) is 10.5 Å². The quantitative estimate of drug-likeness (QED) is 0.632. The zero-order chi connectivity index (χ0) is 13.7. The lowest BCUT2D eigenvalue weighted by atomic mass is 10.3. The number of rotatable bonds is 6. The number of aromatic nitrogens is 3. The van der Waals surface area contributed by atoms with Crippen molar-refractivity contribution in [2.45, 2.75) is 18.9 Å². The second kappa shape index (κ2) is 6.48. The highest BCUT2D eigenvalue weighted by Gasteiger charge is 2.17. The van der Waals surface area contributed by atoms with E-state index in [-0.39, 0.29) is 18.6 Å². The third-order valence-corrected chi connectivity index (χ3v) is 2.95. The first-order chi connectivity index (χ1) is 9.22. The number of hydrogen-bond acceptors (Lipinski definition) is 8. The molecule has 1 aromatic heterocycles. The maximum atomic E-state index is 9.21. The summed E-state index contributed by atoms with van der Waals surface area (Å²) in [5, 5.41) is 12.2. The van der Waals surface area contributed by atoms with Crippen LogP contribution < -0.4 is 16.0 Å². The summed E-state index contributed by atoms with van der Waals surface area (Å²) in [6.07, 6.45) is 2.27. The van der Waals surface area contributed by atoms with E-state index in [1.807, 2.05) is 0 Å². The van der Waals surface area contributed by atoms with Crippen molar-refractivity contribution in [1.29, 1.82) is 0 Å². The minimum Gasteiger partial charge on any atom is -0.394 e. The highest BCUT2D eigenvalue weighted by Crippen LogP contribution is 2.17. The van der Waals surface area contributed by atoms with E-state index in [1.165, 1.54) is 0 Å². The van der Waals surface area contributed by atoms with Gasteiger partial charge in [-0.05, 0) is 12.8 Å². The molecule has 1 unspecified atom stereocenters. The van der Waals surface area contributed by atoms with Crippen molar-refractivity contribution in [3.05, 3.63) is 0 Å². The first kappa shape index (κ1) is 13.8. The monoisotopic (exact) mass is 268 g/mol. The van der Waals surface area contributed by atoms with Gasteiger partial charge in [-0.1, -0.05) is 0 Å². The number of methoxy groups -OCH3 is 1. The van der Waals surface area contributed by atoms with Gasteiger partial charge in [-0.3, -0.25) is 0 Å². The molecule has 1 atom stereocenters. The van der Waals surface area contributed by atoms with Gasteiger partial charge < -0.3 is 25.8 Å². The number of nitrogen functional groups attached to an aromatic ring is 1. The smallest absolute Gasteiger partial charge is 0.231 e. The van der Waals surface area contributed by atoms with E-state index < -0.39 is 0 Å². The molecule has 1 aliphatic rings. The molecule has 0 radical (unpaired) electrons. The van der Waals surface area contributed by atoms with Crippen LogP contribution in [-0.4, -0.2) is 59.5 Å². The molecular weight excluding hydrogens is 248 g/mol. The lowest BCUT2D eigenvalue weighted by Gasteiger charge is -2.18. The van der Waals surface area contributed by atoms with E-state index in [1.54, 1.807) is 7.11 Å². The molecule has 0 spiro atoms. The number of nitrogens with one attached hydrogen (secondary N) is 1. The van der Waals surface area contributed by atoms with Gasteiger partial charge in [-0.15, -0.1) is 0 Å². The van der Waals surface area contributed by atoms with Crippen molar-refractivity contribution >= 4 is 17.8 Å². The molecule has 1 saturated heterocycles. The Morgan fingerprint density at radius 2 is 2.11 bits per heavy atom. The summed E-state index contributed by atoms with van der Waals surface area (Å²) in [5.41, 5.74) is 5.70. The Bertz CT molecular complexity index is 410. The molecule has 2 rings (SSSR count). The fourth-order valence-corrected chi connectivity index (χ4v) is 2.03. The summed E-state index contributed by atoms with van der Waals surface area (Å²) in [6.45, 7) is 2.16. The topological polar surface area (TPSA) is 109 Å². The Labute approximate surface area is 112 Å². The largest absolute Gasteiger partial charge is 0.394 e.